The molecule has 150 valence electrons. The number of benzene rings is 2. The maximum absolute atomic E-state index is 8.67. The zero-order chi connectivity index (χ0) is 20.5. The van der Waals surface area contributed by atoms with E-state index in [1.165, 1.54) is 11.1 Å². The lowest BCUT2D eigenvalue weighted by Crippen LogP contribution is -2.11. The van der Waals surface area contributed by atoms with E-state index < -0.39 is 0 Å². The predicted molar refractivity (Wildman–Crippen MR) is 113 cm³/mol. The van der Waals surface area contributed by atoms with Gasteiger partial charge in [-0.25, -0.2) is 0 Å². The Morgan fingerprint density at radius 3 is 1.89 bits per heavy atom. The fourth-order valence-electron chi connectivity index (χ4n) is 1.98. The maximum Gasteiger partial charge on any atom is 0.290 e. The highest BCUT2D eigenvalue weighted by Crippen LogP contribution is 2.09. The van der Waals surface area contributed by atoms with E-state index in [-0.39, 0.29) is 12.6 Å². The molecule has 5 nitrogen and oxygen atoms in total. The van der Waals surface area contributed by atoms with E-state index in [0.29, 0.717) is 0 Å². The first-order valence-corrected chi connectivity index (χ1v) is 9.26. The molecule has 2 aromatic rings. The molecule has 1 aliphatic rings. The standard InChI is InChI=1S/C8H10ClN.C7H7Cl.C4H9NO.CH2O2/c1-10-6-7-2-4-8(9)5-3-7;1-6-2-4-7(8)5-3-6;6-4-1-2-5-3-4;2-1-3/h2-5,10H,6H2,1H3;2-5H,1H3;4-6H,1-3H2;1H,(H,2,3). The number of β-amino-alcohol motifs (C(OH)–C–C–N with tert-alkyl or cyclic N) is 1. The number of nitrogens with one attached hydrogen (secondary N) is 2. The normalized spacial score (nSPS) is 14.5. The molecule has 0 aromatic heterocycles. The summed E-state index contributed by atoms with van der Waals surface area (Å²) in [5.41, 5.74) is 2.50. The number of aliphatic hydroxyl groups excluding tert-OH is 1. The van der Waals surface area contributed by atoms with Crippen LogP contribution in [0.1, 0.15) is 17.5 Å². The lowest BCUT2D eigenvalue weighted by molar-refractivity contribution is -0.122. The molecule has 0 radical (unpaired) electrons. The topological polar surface area (TPSA) is 81.6 Å². The Balaban J connectivity index is 0.000000358. The van der Waals surface area contributed by atoms with Crippen molar-refractivity contribution in [3.8, 4) is 0 Å². The third-order valence-corrected chi connectivity index (χ3v) is 3.84. The molecule has 7 heteroatoms. The highest BCUT2D eigenvalue weighted by molar-refractivity contribution is 6.30. The molecule has 0 bridgehead atoms. The van der Waals surface area contributed by atoms with Crippen LogP contribution in [-0.4, -0.2) is 42.9 Å². The number of aryl methyl sites for hydroxylation is 1. The Hall–Kier alpha value is -1.63. The summed E-state index contributed by atoms with van der Waals surface area (Å²) in [4.78, 5) is 8.36. The van der Waals surface area contributed by atoms with Crippen molar-refractivity contribution in [3.63, 3.8) is 0 Å². The third kappa shape index (κ3) is 15.2. The van der Waals surface area contributed by atoms with E-state index in [9.17, 15) is 0 Å². The number of rotatable bonds is 2. The SMILES string of the molecule is CNCc1ccc(Cl)cc1.Cc1ccc(Cl)cc1.O=CO.OC1CCNC1. The average molecular weight is 415 g/mol. The van der Waals surface area contributed by atoms with Gasteiger partial charge < -0.3 is 20.8 Å². The van der Waals surface area contributed by atoms with Crippen LogP contribution in [0.2, 0.25) is 10.0 Å². The van der Waals surface area contributed by atoms with Crippen molar-refractivity contribution in [2.75, 3.05) is 20.1 Å². The highest BCUT2D eigenvalue weighted by atomic mass is 35.5. The first-order chi connectivity index (χ1) is 12.9. The molecule has 0 amide bonds. The van der Waals surface area contributed by atoms with E-state index in [2.05, 4.69) is 10.6 Å². The zero-order valence-electron chi connectivity index (χ0n) is 15.7. The van der Waals surface area contributed by atoms with Crippen molar-refractivity contribution >= 4 is 29.7 Å². The van der Waals surface area contributed by atoms with Crippen molar-refractivity contribution < 1.29 is 15.0 Å². The molecule has 4 N–H and O–H groups in total. The molecule has 1 aliphatic heterocycles. The Morgan fingerprint density at radius 1 is 1.11 bits per heavy atom. The number of hydrogen-bond acceptors (Lipinski definition) is 4. The Morgan fingerprint density at radius 2 is 1.59 bits per heavy atom. The molecule has 3 rings (SSSR count). The summed E-state index contributed by atoms with van der Waals surface area (Å²) in [5, 5.41) is 23.2. The van der Waals surface area contributed by atoms with Gasteiger partial charge in [-0.2, -0.15) is 0 Å². The molecule has 1 heterocycles. The summed E-state index contributed by atoms with van der Waals surface area (Å²) in [6.45, 7) is 4.47. The van der Waals surface area contributed by atoms with Gasteiger partial charge in [0.25, 0.3) is 6.47 Å². The first kappa shape index (κ1) is 25.4. The van der Waals surface area contributed by atoms with Crippen LogP contribution < -0.4 is 10.6 Å². The largest absolute Gasteiger partial charge is 0.483 e. The molecule has 0 saturated carbocycles. The molecule has 27 heavy (non-hydrogen) atoms. The smallest absolute Gasteiger partial charge is 0.290 e. The van der Waals surface area contributed by atoms with Crippen molar-refractivity contribution in [3.05, 3.63) is 69.7 Å². The molecule has 2 aromatic carbocycles. The fourth-order valence-corrected chi connectivity index (χ4v) is 2.23. The lowest BCUT2D eigenvalue weighted by Gasteiger charge is -1.97. The zero-order valence-corrected chi connectivity index (χ0v) is 17.2. The minimum Gasteiger partial charge on any atom is -0.483 e. The molecule has 1 unspecified atom stereocenters. The van der Waals surface area contributed by atoms with Crippen LogP contribution in [0.4, 0.5) is 0 Å². The molecule has 1 saturated heterocycles. The Bertz CT molecular complexity index is 581. The second-order valence-electron chi connectivity index (χ2n) is 5.70. The highest BCUT2D eigenvalue weighted by Gasteiger charge is 2.08. The number of halogens is 2. The van der Waals surface area contributed by atoms with Gasteiger partial charge in [0.15, 0.2) is 0 Å². The fraction of sp³-hybridized carbons (Fsp3) is 0.350. The maximum atomic E-state index is 8.67. The Labute approximate surface area is 171 Å². The van der Waals surface area contributed by atoms with Crippen LogP contribution in [0.5, 0.6) is 0 Å². The molecule has 1 fully saturated rings. The van der Waals surface area contributed by atoms with Crippen LogP contribution in [-0.2, 0) is 11.3 Å². The summed E-state index contributed by atoms with van der Waals surface area (Å²) in [6.07, 6.45) is 0.866. The second kappa shape index (κ2) is 16.5. The van der Waals surface area contributed by atoms with Gasteiger partial charge >= 0.3 is 0 Å². The molecule has 0 spiro atoms. The summed E-state index contributed by atoms with van der Waals surface area (Å²) >= 11 is 11.3. The van der Waals surface area contributed by atoms with Gasteiger partial charge in [0.1, 0.15) is 0 Å². The molecule has 1 atom stereocenters. The summed E-state index contributed by atoms with van der Waals surface area (Å²) in [5.74, 6) is 0. The summed E-state index contributed by atoms with van der Waals surface area (Å²) in [7, 11) is 1.93. The monoisotopic (exact) mass is 414 g/mol. The summed E-state index contributed by atoms with van der Waals surface area (Å²) in [6, 6.07) is 15.6. The van der Waals surface area contributed by atoms with Crippen molar-refractivity contribution in [1.29, 1.82) is 0 Å². The minimum absolute atomic E-state index is 0.0648. The van der Waals surface area contributed by atoms with Gasteiger partial charge in [-0.05, 0) is 56.8 Å². The van der Waals surface area contributed by atoms with E-state index in [0.717, 1.165) is 36.1 Å². The van der Waals surface area contributed by atoms with Gasteiger partial charge in [0, 0.05) is 23.1 Å². The van der Waals surface area contributed by atoms with Crippen molar-refractivity contribution in [2.45, 2.75) is 26.0 Å². The summed E-state index contributed by atoms with van der Waals surface area (Å²) < 4.78 is 0. The number of hydrogen-bond donors (Lipinski definition) is 4. The second-order valence-corrected chi connectivity index (χ2v) is 6.58. The molecular weight excluding hydrogens is 387 g/mol. The van der Waals surface area contributed by atoms with Gasteiger partial charge in [-0.3, -0.25) is 4.79 Å². The number of carbonyl (C=O) groups is 1. The predicted octanol–water partition coefficient (Wildman–Crippen LogP) is 3.75. The van der Waals surface area contributed by atoms with E-state index in [1.807, 2.05) is 62.5 Å². The van der Waals surface area contributed by atoms with Gasteiger partial charge in [-0.1, -0.05) is 53.0 Å². The van der Waals surface area contributed by atoms with Crippen LogP contribution in [0.25, 0.3) is 0 Å². The van der Waals surface area contributed by atoms with Crippen LogP contribution in [0, 0.1) is 6.92 Å². The van der Waals surface area contributed by atoms with Gasteiger partial charge in [-0.15, -0.1) is 0 Å². The number of aliphatic hydroxyl groups is 1. The minimum atomic E-state index is -0.250. The Kier molecular flexibility index (Phi) is 15.5. The van der Waals surface area contributed by atoms with E-state index in [1.54, 1.807) is 0 Å². The lowest BCUT2D eigenvalue weighted by atomic mass is 10.2. The van der Waals surface area contributed by atoms with Crippen LogP contribution in [0.3, 0.4) is 0 Å². The molecule has 0 aliphatic carbocycles. The third-order valence-electron chi connectivity index (χ3n) is 3.34. The number of carboxylic acid groups (broad SMARTS) is 1. The van der Waals surface area contributed by atoms with Crippen molar-refractivity contribution in [1.82, 2.24) is 10.6 Å². The van der Waals surface area contributed by atoms with Crippen molar-refractivity contribution in [2.24, 2.45) is 0 Å². The van der Waals surface area contributed by atoms with Gasteiger partial charge in [0.2, 0.25) is 0 Å². The quantitative estimate of drug-likeness (QED) is 0.562. The van der Waals surface area contributed by atoms with Crippen LogP contribution >= 0.6 is 23.2 Å². The first-order valence-electron chi connectivity index (χ1n) is 8.50. The van der Waals surface area contributed by atoms with E-state index >= 15 is 0 Å². The van der Waals surface area contributed by atoms with Crippen LogP contribution in [0.15, 0.2) is 48.5 Å². The van der Waals surface area contributed by atoms with Gasteiger partial charge in [0.05, 0.1) is 6.10 Å². The van der Waals surface area contributed by atoms with E-state index in [4.69, 9.17) is 38.2 Å². The average Bonchev–Trinajstić information content (AvgIpc) is 3.13. The molecular formula is C20H28Cl2N2O3.